The first-order chi connectivity index (χ1) is 14.5. The zero-order valence-electron chi connectivity index (χ0n) is 17.1. The summed E-state index contributed by atoms with van der Waals surface area (Å²) in [6, 6.07) is 8.19. The maximum absolute atomic E-state index is 14.8. The van der Waals surface area contributed by atoms with Crippen LogP contribution in [0.15, 0.2) is 40.8 Å². The Hall–Kier alpha value is -3.03. The minimum Gasteiger partial charge on any atom is -0.386 e. The molecule has 1 aliphatic heterocycles. The number of thiophene rings is 1. The van der Waals surface area contributed by atoms with Crippen LogP contribution in [0.3, 0.4) is 0 Å². The van der Waals surface area contributed by atoms with Crippen LogP contribution in [-0.2, 0) is 15.4 Å². The van der Waals surface area contributed by atoms with E-state index in [0.29, 0.717) is 22.5 Å². The number of halogens is 1. The molecule has 0 fully saturated rings. The Kier molecular flexibility index (Phi) is 4.79. The second kappa shape index (κ2) is 7.00. The smallest absolute Gasteiger partial charge is 0.165 e. The molecule has 0 radical (unpaired) electrons. The number of benzene rings is 1. The lowest BCUT2D eigenvalue weighted by Gasteiger charge is -2.38. The molecule has 7 nitrogen and oxygen atoms in total. The summed E-state index contributed by atoms with van der Waals surface area (Å²) in [7, 11) is -3.66. The molecule has 31 heavy (non-hydrogen) atoms. The number of nitriles is 1. The molecule has 0 bridgehead atoms. The lowest BCUT2D eigenvalue weighted by molar-refractivity contribution is 0.476. The molecule has 10 heteroatoms. The predicted octanol–water partition coefficient (Wildman–Crippen LogP) is 3.83. The Labute approximate surface area is 183 Å². The number of anilines is 2. The SMILES string of the molecule is CC1(c2cc(Nc3csc4cc(C#N)cnc34)ccc2F)CS(=O)(=O)C(C)(C)C(N)=N1. The molecule has 0 amide bonds. The molecular weight excluding hydrogens is 437 g/mol. The lowest BCUT2D eigenvalue weighted by Crippen LogP contribution is -2.54. The Morgan fingerprint density at radius 3 is 2.71 bits per heavy atom. The van der Waals surface area contributed by atoms with E-state index in [2.05, 4.69) is 21.4 Å². The van der Waals surface area contributed by atoms with Gasteiger partial charge in [-0.1, -0.05) is 0 Å². The average molecular weight is 458 g/mol. The second-order valence-corrected chi connectivity index (χ2v) is 11.6. The van der Waals surface area contributed by atoms with Gasteiger partial charge < -0.3 is 11.1 Å². The first-order valence-electron chi connectivity index (χ1n) is 9.39. The van der Waals surface area contributed by atoms with Crippen molar-refractivity contribution in [2.24, 2.45) is 10.7 Å². The summed E-state index contributed by atoms with van der Waals surface area (Å²) in [6.07, 6.45) is 1.49. The molecule has 0 saturated carbocycles. The number of amidine groups is 1. The Morgan fingerprint density at radius 2 is 2.03 bits per heavy atom. The third-order valence-electron chi connectivity index (χ3n) is 5.60. The van der Waals surface area contributed by atoms with Crippen LogP contribution >= 0.6 is 11.3 Å². The summed E-state index contributed by atoms with van der Waals surface area (Å²) in [5, 5.41) is 14.1. The topological polar surface area (TPSA) is 121 Å². The second-order valence-electron chi connectivity index (χ2n) is 8.19. The number of aliphatic imine (C=N–C) groups is 1. The van der Waals surface area contributed by atoms with Gasteiger partial charge >= 0.3 is 0 Å². The van der Waals surface area contributed by atoms with E-state index in [1.54, 1.807) is 25.1 Å². The van der Waals surface area contributed by atoms with Crippen molar-refractivity contribution >= 4 is 48.6 Å². The highest BCUT2D eigenvalue weighted by Gasteiger charge is 2.49. The van der Waals surface area contributed by atoms with Gasteiger partial charge in [-0.3, -0.25) is 9.98 Å². The first kappa shape index (κ1) is 21.2. The van der Waals surface area contributed by atoms with Crippen LogP contribution in [-0.4, -0.2) is 29.7 Å². The van der Waals surface area contributed by atoms with Crippen LogP contribution in [0.5, 0.6) is 0 Å². The van der Waals surface area contributed by atoms with Gasteiger partial charge in [0, 0.05) is 22.8 Å². The number of pyridine rings is 1. The van der Waals surface area contributed by atoms with Crippen LogP contribution in [0.4, 0.5) is 15.8 Å². The van der Waals surface area contributed by atoms with Crippen LogP contribution in [0, 0.1) is 17.1 Å². The summed E-state index contributed by atoms with van der Waals surface area (Å²) in [5.41, 5.74) is 7.18. The number of nitrogens with zero attached hydrogens (tertiary/aromatic N) is 3. The maximum Gasteiger partial charge on any atom is 0.165 e. The fourth-order valence-corrected chi connectivity index (χ4v) is 6.09. The van der Waals surface area contributed by atoms with Gasteiger partial charge in [-0.2, -0.15) is 5.26 Å². The third kappa shape index (κ3) is 3.43. The highest BCUT2D eigenvalue weighted by Crippen LogP contribution is 2.39. The number of hydrogen-bond acceptors (Lipinski definition) is 8. The third-order valence-corrected chi connectivity index (χ3v) is 9.22. The fourth-order valence-electron chi connectivity index (χ4n) is 3.52. The predicted molar refractivity (Wildman–Crippen MR) is 121 cm³/mol. The van der Waals surface area contributed by atoms with Gasteiger partial charge in [0.1, 0.15) is 33.5 Å². The number of hydrogen-bond donors (Lipinski definition) is 2. The van der Waals surface area contributed by atoms with E-state index < -0.39 is 25.9 Å². The molecule has 0 saturated heterocycles. The molecule has 3 aromatic rings. The molecule has 1 aromatic carbocycles. The summed E-state index contributed by atoms with van der Waals surface area (Å²) < 4.78 is 40.0. The highest BCUT2D eigenvalue weighted by atomic mass is 32.2. The van der Waals surface area contributed by atoms with Gasteiger partial charge in [0.15, 0.2) is 9.84 Å². The van der Waals surface area contributed by atoms with Crippen molar-refractivity contribution in [3.8, 4) is 6.07 Å². The number of aromatic nitrogens is 1. The summed E-state index contributed by atoms with van der Waals surface area (Å²) >= 11 is 1.43. The molecule has 4 rings (SSSR count). The number of nitrogens with two attached hydrogens (primary N) is 1. The summed E-state index contributed by atoms with van der Waals surface area (Å²) in [5.74, 6) is -0.958. The minimum absolute atomic E-state index is 0.0414. The van der Waals surface area contributed by atoms with Crippen molar-refractivity contribution < 1.29 is 12.8 Å². The van der Waals surface area contributed by atoms with E-state index in [1.165, 1.54) is 37.4 Å². The molecule has 3 heterocycles. The van der Waals surface area contributed by atoms with Crippen molar-refractivity contribution in [2.45, 2.75) is 31.1 Å². The minimum atomic E-state index is -3.66. The standard InChI is InChI=1S/C21H20FN5O2S2/c1-20(2)19(24)27-21(3,11-31(20,28)29)14-7-13(4-5-15(14)22)26-16-10-30-17-6-12(8-23)9-25-18(16)17/h4-7,9-10,26H,11H2,1-3H3,(H2,24,27). The fraction of sp³-hybridized carbons (Fsp3) is 0.286. The summed E-state index contributed by atoms with van der Waals surface area (Å²) in [4.78, 5) is 8.74. The van der Waals surface area contributed by atoms with E-state index in [-0.39, 0.29) is 17.2 Å². The van der Waals surface area contributed by atoms with Crippen molar-refractivity contribution in [3.05, 3.63) is 52.8 Å². The Morgan fingerprint density at radius 1 is 1.29 bits per heavy atom. The van der Waals surface area contributed by atoms with Crippen LogP contribution in [0.25, 0.3) is 10.2 Å². The van der Waals surface area contributed by atoms with Gasteiger partial charge in [0.25, 0.3) is 0 Å². The average Bonchev–Trinajstić information content (AvgIpc) is 3.09. The molecule has 2 aromatic heterocycles. The number of rotatable bonds is 3. The maximum atomic E-state index is 14.8. The molecule has 160 valence electrons. The van der Waals surface area contributed by atoms with Crippen LogP contribution < -0.4 is 11.1 Å². The molecule has 1 unspecified atom stereocenters. The molecule has 1 atom stereocenters. The van der Waals surface area contributed by atoms with Crippen LogP contribution in [0.1, 0.15) is 31.9 Å². The van der Waals surface area contributed by atoms with Gasteiger partial charge in [0.2, 0.25) is 0 Å². The van der Waals surface area contributed by atoms with E-state index in [9.17, 15) is 12.8 Å². The van der Waals surface area contributed by atoms with E-state index >= 15 is 0 Å². The zero-order chi connectivity index (χ0) is 22.6. The summed E-state index contributed by atoms with van der Waals surface area (Å²) in [6.45, 7) is 4.57. The molecule has 3 N–H and O–H groups in total. The van der Waals surface area contributed by atoms with Crippen LogP contribution in [0.2, 0.25) is 0 Å². The van der Waals surface area contributed by atoms with Gasteiger partial charge in [-0.15, -0.1) is 11.3 Å². The van der Waals surface area contributed by atoms with E-state index in [1.807, 2.05) is 5.38 Å². The van der Waals surface area contributed by atoms with E-state index in [0.717, 1.165) is 4.70 Å². The first-order valence-corrected chi connectivity index (χ1v) is 11.9. The quantitative estimate of drug-likeness (QED) is 0.616. The monoisotopic (exact) mass is 457 g/mol. The lowest BCUT2D eigenvalue weighted by atomic mass is 9.92. The zero-order valence-corrected chi connectivity index (χ0v) is 18.7. The van der Waals surface area contributed by atoms with E-state index in [4.69, 9.17) is 11.0 Å². The highest BCUT2D eigenvalue weighted by molar-refractivity contribution is 7.93. The van der Waals surface area contributed by atoms with Crippen molar-refractivity contribution in [2.75, 3.05) is 11.1 Å². The van der Waals surface area contributed by atoms with Gasteiger partial charge in [-0.25, -0.2) is 12.8 Å². The molecular formula is C21H20FN5O2S2. The van der Waals surface area contributed by atoms with Gasteiger partial charge in [0.05, 0.1) is 21.7 Å². The van der Waals surface area contributed by atoms with Crippen molar-refractivity contribution in [3.63, 3.8) is 0 Å². The largest absolute Gasteiger partial charge is 0.386 e. The van der Waals surface area contributed by atoms with Gasteiger partial charge in [-0.05, 0) is 45.0 Å². The van der Waals surface area contributed by atoms with Crippen molar-refractivity contribution in [1.29, 1.82) is 5.26 Å². The Balaban J connectivity index is 1.75. The number of fused-ring (bicyclic) bond motifs is 1. The molecule has 0 spiro atoms. The number of sulfone groups is 1. The van der Waals surface area contributed by atoms with Crippen molar-refractivity contribution in [1.82, 2.24) is 4.98 Å². The Bertz CT molecular complexity index is 1390. The normalized spacial score (nSPS) is 22.0. The molecule has 1 aliphatic rings. The molecule has 0 aliphatic carbocycles. The number of nitrogens with one attached hydrogen (secondary N) is 1.